The minimum atomic E-state index is -0.419. The summed E-state index contributed by atoms with van der Waals surface area (Å²) in [6.07, 6.45) is 2.40. The van der Waals surface area contributed by atoms with Crippen LogP contribution in [0.1, 0.15) is 28.5 Å². The monoisotopic (exact) mass is 293 g/mol. The third-order valence-electron chi connectivity index (χ3n) is 4.63. The van der Waals surface area contributed by atoms with Gasteiger partial charge >= 0.3 is 6.03 Å². The lowest BCUT2D eigenvalue weighted by atomic mass is 10.1. The number of nitrogens with zero attached hydrogens (tertiary/aromatic N) is 3. The molecule has 2 saturated carbocycles. The number of hydrogen-bond acceptors (Lipinski definition) is 5. The largest absolute Gasteiger partial charge is 0.336 e. The van der Waals surface area contributed by atoms with Gasteiger partial charge in [0.15, 0.2) is 0 Å². The molecule has 4 rings (SSSR count). The van der Waals surface area contributed by atoms with Gasteiger partial charge in [0.1, 0.15) is 5.82 Å². The van der Waals surface area contributed by atoms with E-state index in [2.05, 4.69) is 20.2 Å². The van der Waals surface area contributed by atoms with E-state index in [1.165, 1.54) is 6.42 Å². The standard InChI is InChI=1S/C12H15N5O2S/c1-5-13-11(20-16-5)10(18)14-15-12(19)17-4-6-2-9(17)8-3-7(6)8/h6-9H,2-4H2,1H3,(H,14,18)(H,15,19)/t6-,7-,8-,9-/m0/s1. The Morgan fingerprint density at radius 2 is 2.15 bits per heavy atom. The van der Waals surface area contributed by atoms with Crippen LogP contribution in [-0.4, -0.2) is 38.8 Å². The number of carbonyl (C=O) groups excluding carboxylic acids is 2. The Balaban J connectivity index is 1.33. The number of likely N-dealkylation sites (tertiary alicyclic amines) is 1. The normalized spacial score (nSPS) is 33.0. The van der Waals surface area contributed by atoms with Crippen LogP contribution in [0.25, 0.3) is 0 Å². The molecule has 3 fully saturated rings. The molecule has 0 spiro atoms. The van der Waals surface area contributed by atoms with Gasteiger partial charge in [-0.15, -0.1) is 0 Å². The highest BCUT2D eigenvalue weighted by Gasteiger charge is 2.61. The Morgan fingerprint density at radius 1 is 1.30 bits per heavy atom. The number of carbonyl (C=O) groups is 2. The molecule has 7 nitrogen and oxygen atoms in total. The molecule has 0 aromatic carbocycles. The third kappa shape index (κ3) is 1.78. The van der Waals surface area contributed by atoms with Crippen LogP contribution in [0.2, 0.25) is 0 Å². The molecule has 106 valence electrons. The summed E-state index contributed by atoms with van der Waals surface area (Å²) in [7, 11) is 0. The highest BCUT2D eigenvalue weighted by molar-refractivity contribution is 7.07. The molecule has 2 aliphatic carbocycles. The van der Waals surface area contributed by atoms with Crippen LogP contribution in [0.15, 0.2) is 0 Å². The quantitative estimate of drug-likeness (QED) is 0.740. The van der Waals surface area contributed by atoms with Crippen LogP contribution in [0, 0.1) is 24.7 Å². The van der Waals surface area contributed by atoms with Crippen molar-refractivity contribution in [2.75, 3.05) is 6.54 Å². The van der Waals surface area contributed by atoms with Crippen molar-refractivity contribution >= 4 is 23.5 Å². The molecule has 1 saturated heterocycles. The number of fused-ring (bicyclic) bond motifs is 5. The van der Waals surface area contributed by atoms with E-state index in [0.29, 0.717) is 23.7 Å². The van der Waals surface area contributed by atoms with Gasteiger partial charge in [-0.25, -0.2) is 15.2 Å². The predicted octanol–water partition coefficient (Wildman–Crippen LogP) is 0.541. The van der Waals surface area contributed by atoms with E-state index < -0.39 is 5.91 Å². The van der Waals surface area contributed by atoms with Crippen LogP contribution in [0.4, 0.5) is 4.79 Å². The molecule has 4 atom stereocenters. The number of hydrogen-bond donors (Lipinski definition) is 2. The lowest BCUT2D eigenvalue weighted by molar-refractivity contribution is 0.0926. The first-order valence-electron chi connectivity index (χ1n) is 6.81. The fraction of sp³-hybridized carbons (Fsp3) is 0.667. The summed E-state index contributed by atoms with van der Waals surface area (Å²) < 4.78 is 3.94. The van der Waals surface area contributed by atoms with Gasteiger partial charge in [0.2, 0.25) is 5.01 Å². The van der Waals surface area contributed by atoms with Crippen LogP contribution in [0.3, 0.4) is 0 Å². The van der Waals surface area contributed by atoms with E-state index in [1.807, 2.05) is 4.90 Å². The van der Waals surface area contributed by atoms with Gasteiger partial charge in [-0.05, 0) is 49.1 Å². The van der Waals surface area contributed by atoms with Crippen molar-refractivity contribution in [2.45, 2.75) is 25.8 Å². The Kier molecular flexibility index (Phi) is 2.50. The molecule has 3 aliphatic rings. The number of urea groups is 1. The van der Waals surface area contributed by atoms with Gasteiger partial charge < -0.3 is 4.90 Å². The van der Waals surface area contributed by atoms with Crippen LogP contribution in [0.5, 0.6) is 0 Å². The van der Waals surface area contributed by atoms with Crippen molar-refractivity contribution in [3.63, 3.8) is 0 Å². The van der Waals surface area contributed by atoms with Crippen molar-refractivity contribution in [3.05, 3.63) is 10.8 Å². The van der Waals surface area contributed by atoms with Crippen LogP contribution in [-0.2, 0) is 0 Å². The van der Waals surface area contributed by atoms with Crippen molar-refractivity contribution in [2.24, 2.45) is 17.8 Å². The molecule has 8 heteroatoms. The number of nitrogens with one attached hydrogen (secondary N) is 2. The zero-order chi connectivity index (χ0) is 13.9. The Morgan fingerprint density at radius 3 is 2.80 bits per heavy atom. The summed E-state index contributed by atoms with van der Waals surface area (Å²) in [6.45, 7) is 2.55. The number of aromatic nitrogens is 2. The zero-order valence-corrected chi connectivity index (χ0v) is 11.8. The molecule has 1 aromatic heterocycles. The summed E-state index contributed by atoms with van der Waals surface area (Å²) in [5, 5.41) is 0.257. The van der Waals surface area contributed by atoms with Crippen molar-refractivity contribution in [1.29, 1.82) is 0 Å². The summed E-state index contributed by atoms with van der Waals surface area (Å²) >= 11 is 1.02. The fourth-order valence-electron chi connectivity index (χ4n) is 3.69. The molecule has 0 radical (unpaired) electrons. The fourth-order valence-corrected chi connectivity index (χ4v) is 4.26. The van der Waals surface area contributed by atoms with Gasteiger partial charge in [0.25, 0.3) is 5.91 Å². The van der Waals surface area contributed by atoms with Crippen LogP contribution >= 0.6 is 11.5 Å². The molecule has 20 heavy (non-hydrogen) atoms. The number of amides is 3. The topological polar surface area (TPSA) is 87.2 Å². The maximum absolute atomic E-state index is 12.1. The average molecular weight is 293 g/mol. The minimum Gasteiger partial charge on any atom is -0.320 e. The summed E-state index contributed by atoms with van der Waals surface area (Å²) in [5.41, 5.74) is 4.89. The number of rotatable bonds is 1. The van der Waals surface area contributed by atoms with Crippen molar-refractivity contribution in [3.8, 4) is 0 Å². The maximum Gasteiger partial charge on any atom is 0.336 e. The van der Waals surface area contributed by atoms with Gasteiger partial charge in [-0.2, -0.15) is 4.37 Å². The van der Waals surface area contributed by atoms with Gasteiger partial charge in [-0.3, -0.25) is 10.2 Å². The molecule has 1 aromatic rings. The van der Waals surface area contributed by atoms with Crippen LogP contribution < -0.4 is 10.9 Å². The smallest absolute Gasteiger partial charge is 0.320 e. The van der Waals surface area contributed by atoms with Gasteiger partial charge in [-0.1, -0.05) is 0 Å². The highest BCUT2D eigenvalue weighted by Crippen LogP contribution is 2.60. The first-order valence-corrected chi connectivity index (χ1v) is 7.58. The number of aryl methyl sites for hydroxylation is 1. The molecule has 3 amide bonds. The zero-order valence-electron chi connectivity index (χ0n) is 11.0. The Hall–Kier alpha value is -1.70. The minimum absolute atomic E-state index is 0.211. The molecular formula is C12H15N5O2S. The summed E-state index contributed by atoms with van der Waals surface area (Å²) in [6, 6.07) is 0.170. The third-order valence-corrected chi connectivity index (χ3v) is 5.44. The summed E-state index contributed by atoms with van der Waals surface area (Å²) in [5.74, 6) is 2.39. The first-order chi connectivity index (χ1) is 9.63. The molecular weight excluding hydrogens is 278 g/mol. The lowest BCUT2D eigenvalue weighted by Crippen LogP contribution is -2.51. The highest BCUT2D eigenvalue weighted by atomic mass is 32.1. The molecule has 1 aliphatic heterocycles. The van der Waals surface area contributed by atoms with E-state index in [1.54, 1.807) is 6.92 Å². The number of hydrazine groups is 1. The predicted molar refractivity (Wildman–Crippen MR) is 70.8 cm³/mol. The second-order valence-electron chi connectivity index (χ2n) is 5.81. The molecule has 2 N–H and O–H groups in total. The number of piperidine rings is 1. The first kappa shape index (κ1) is 12.1. The average Bonchev–Trinajstić information content (AvgIpc) is 2.81. The van der Waals surface area contributed by atoms with E-state index in [0.717, 1.165) is 30.4 Å². The maximum atomic E-state index is 12.1. The van der Waals surface area contributed by atoms with Gasteiger partial charge in [0.05, 0.1) is 0 Å². The van der Waals surface area contributed by atoms with E-state index in [-0.39, 0.29) is 11.0 Å². The molecule has 0 unspecified atom stereocenters. The van der Waals surface area contributed by atoms with E-state index >= 15 is 0 Å². The van der Waals surface area contributed by atoms with E-state index in [9.17, 15) is 9.59 Å². The summed E-state index contributed by atoms with van der Waals surface area (Å²) in [4.78, 5) is 29.7. The molecule has 2 heterocycles. The van der Waals surface area contributed by atoms with E-state index in [4.69, 9.17) is 0 Å². The van der Waals surface area contributed by atoms with Gasteiger partial charge in [0, 0.05) is 12.6 Å². The van der Waals surface area contributed by atoms with Crippen molar-refractivity contribution in [1.82, 2.24) is 25.1 Å². The lowest BCUT2D eigenvalue weighted by Gasteiger charge is -2.26. The Labute approximate surface area is 119 Å². The molecule has 2 bridgehead atoms. The second kappa shape index (κ2) is 4.15. The SMILES string of the molecule is Cc1nsc(C(=O)NNC(=O)N2C[C@@H]3C[C@H]2[C@H]2C[C@@H]32)n1. The van der Waals surface area contributed by atoms with Crippen molar-refractivity contribution < 1.29 is 9.59 Å². The second-order valence-corrected chi connectivity index (χ2v) is 6.56. The Bertz CT molecular complexity index is 588.